The van der Waals surface area contributed by atoms with Gasteiger partial charge in [0, 0.05) is 29.7 Å². The van der Waals surface area contributed by atoms with Crippen LogP contribution in [-0.2, 0) is 0 Å². The zero-order valence-corrected chi connectivity index (χ0v) is 12.9. The SMILES string of the molecule is CNC(C)c1cnc(N2CCCC2C2CCCC2)s1. The van der Waals surface area contributed by atoms with Gasteiger partial charge in [-0.25, -0.2) is 4.98 Å². The number of aromatic nitrogens is 1. The molecule has 19 heavy (non-hydrogen) atoms. The Morgan fingerprint density at radius 2 is 2.11 bits per heavy atom. The molecule has 3 rings (SSSR count). The maximum atomic E-state index is 4.69. The van der Waals surface area contributed by atoms with Crippen molar-refractivity contribution < 1.29 is 0 Å². The molecule has 2 unspecified atom stereocenters. The maximum Gasteiger partial charge on any atom is 0.185 e. The normalized spacial score (nSPS) is 26.2. The Morgan fingerprint density at radius 3 is 2.84 bits per heavy atom. The third-order valence-corrected chi connectivity index (χ3v) is 6.08. The van der Waals surface area contributed by atoms with Gasteiger partial charge < -0.3 is 10.2 Å². The smallest absolute Gasteiger partial charge is 0.185 e. The van der Waals surface area contributed by atoms with Crippen LogP contribution in [0.1, 0.15) is 56.4 Å². The molecule has 0 amide bonds. The van der Waals surface area contributed by atoms with Crippen LogP contribution in [0.4, 0.5) is 5.13 Å². The van der Waals surface area contributed by atoms with Crippen molar-refractivity contribution in [2.24, 2.45) is 5.92 Å². The van der Waals surface area contributed by atoms with Crippen molar-refractivity contribution in [3.63, 3.8) is 0 Å². The minimum Gasteiger partial charge on any atom is -0.345 e. The molecule has 1 saturated heterocycles. The molecule has 106 valence electrons. The highest BCUT2D eigenvalue weighted by Crippen LogP contribution is 2.39. The highest BCUT2D eigenvalue weighted by atomic mass is 32.1. The van der Waals surface area contributed by atoms with E-state index in [0.29, 0.717) is 6.04 Å². The van der Waals surface area contributed by atoms with Crippen molar-refractivity contribution in [1.82, 2.24) is 10.3 Å². The lowest BCUT2D eigenvalue weighted by Crippen LogP contribution is -2.34. The summed E-state index contributed by atoms with van der Waals surface area (Å²) in [5.74, 6) is 0.927. The van der Waals surface area contributed by atoms with Crippen LogP contribution in [0.25, 0.3) is 0 Å². The van der Waals surface area contributed by atoms with Gasteiger partial charge in [-0.3, -0.25) is 0 Å². The highest BCUT2D eigenvalue weighted by molar-refractivity contribution is 7.15. The van der Waals surface area contributed by atoms with E-state index in [-0.39, 0.29) is 0 Å². The molecule has 1 aromatic rings. The van der Waals surface area contributed by atoms with Crippen molar-refractivity contribution >= 4 is 16.5 Å². The predicted molar refractivity (Wildman–Crippen MR) is 81.9 cm³/mol. The summed E-state index contributed by atoms with van der Waals surface area (Å²) in [5, 5.41) is 4.56. The summed E-state index contributed by atoms with van der Waals surface area (Å²) >= 11 is 1.88. The number of rotatable bonds is 4. The molecule has 0 aromatic carbocycles. The van der Waals surface area contributed by atoms with E-state index >= 15 is 0 Å². The maximum absolute atomic E-state index is 4.69. The quantitative estimate of drug-likeness (QED) is 0.913. The van der Waals surface area contributed by atoms with E-state index in [4.69, 9.17) is 4.98 Å². The van der Waals surface area contributed by atoms with E-state index in [2.05, 4.69) is 23.3 Å². The summed E-state index contributed by atoms with van der Waals surface area (Å²) in [4.78, 5) is 8.65. The second kappa shape index (κ2) is 5.80. The summed E-state index contributed by atoms with van der Waals surface area (Å²) < 4.78 is 0. The number of anilines is 1. The topological polar surface area (TPSA) is 28.2 Å². The molecule has 3 nitrogen and oxygen atoms in total. The van der Waals surface area contributed by atoms with E-state index in [1.807, 2.05) is 18.4 Å². The molecule has 2 fully saturated rings. The minimum atomic E-state index is 0.416. The molecule has 0 spiro atoms. The third-order valence-electron chi connectivity index (χ3n) is 4.86. The molecule has 1 N–H and O–H groups in total. The number of thiazole rings is 1. The molecule has 0 radical (unpaired) electrons. The second-order valence-corrected chi connectivity index (χ2v) is 7.04. The molecule has 0 bridgehead atoms. The molecular weight excluding hydrogens is 254 g/mol. The Kier molecular flexibility index (Phi) is 4.08. The first-order valence-corrected chi connectivity index (χ1v) is 8.51. The van der Waals surface area contributed by atoms with Crippen LogP contribution < -0.4 is 10.2 Å². The minimum absolute atomic E-state index is 0.416. The lowest BCUT2D eigenvalue weighted by Gasteiger charge is -2.29. The van der Waals surface area contributed by atoms with Crippen molar-refractivity contribution in [2.45, 2.75) is 57.5 Å². The average Bonchev–Trinajstić information content (AvgIpc) is 3.14. The number of hydrogen-bond acceptors (Lipinski definition) is 4. The van der Waals surface area contributed by atoms with Gasteiger partial charge in [-0.15, -0.1) is 11.3 Å². The fourth-order valence-electron chi connectivity index (χ4n) is 3.61. The first-order valence-electron chi connectivity index (χ1n) is 7.69. The number of hydrogen-bond donors (Lipinski definition) is 1. The molecular formula is C15H25N3S. The van der Waals surface area contributed by atoms with Crippen LogP contribution in [0.3, 0.4) is 0 Å². The average molecular weight is 279 g/mol. The molecule has 1 aliphatic heterocycles. The van der Waals surface area contributed by atoms with Crippen LogP contribution in [0.5, 0.6) is 0 Å². The van der Waals surface area contributed by atoms with Crippen LogP contribution in [-0.4, -0.2) is 24.6 Å². The summed E-state index contributed by atoms with van der Waals surface area (Å²) in [7, 11) is 2.02. The van der Waals surface area contributed by atoms with Gasteiger partial charge in [-0.05, 0) is 45.6 Å². The molecule has 1 aliphatic carbocycles. The van der Waals surface area contributed by atoms with E-state index in [1.165, 1.54) is 55.1 Å². The van der Waals surface area contributed by atoms with Crippen molar-refractivity contribution in [1.29, 1.82) is 0 Å². The van der Waals surface area contributed by atoms with E-state index in [1.54, 1.807) is 0 Å². The zero-order valence-electron chi connectivity index (χ0n) is 12.1. The van der Waals surface area contributed by atoms with Crippen molar-refractivity contribution in [3.8, 4) is 0 Å². The number of nitrogens with zero attached hydrogens (tertiary/aromatic N) is 2. The lowest BCUT2D eigenvalue weighted by molar-refractivity contribution is 0.430. The van der Waals surface area contributed by atoms with Gasteiger partial charge in [0.1, 0.15) is 0 Å². The lowest BCUT2D eigenvalue weighted by atomic mass is 9.96. The van der Waals surface area contributed by atoms with E-state index in [0.717, 1.165) is 12.0 Å². The Hall–Kier alpha value is -0.610. The van der Waals surface area contributed by atoms with Gasteiger partial charge in [0.25, 0.3) is 0 Å². The molecule has 2 atom stereocenters. The van der Waals surface area contributed by atoms with Gasteiger partial charge in [-0.1, -0.05) is 12.8 Å². The van der Waals surface area contributed by atoms with E-state index < -0.39 is 0 Å². The Bertz CT molecular complexity index is 411. The molecule has 4 heteroatoms. The predicted octanol–water partition coefficient (Wildman–Crippen LogP) is 3.58. The largest absolute Gasteiger partial charge is 0.345 e. The third kappa shape index (κ3) is 2.65. The number of nitrogens with one attached hydrogen (secondary N) is 1. The summed E-state index contributed by atoms with van der Waals surface area (Å²) in [6.07, 6.45) is 10.5. The van der Waals surface area contributed by atoms with E-state index in [9.17, 15) is 0 Å². The van der Waals surface area contributed by atoms with Gasteiger partial charge in [0.15, 0.2) is 5.13 Å². The van der Waals surface area contributed by atoms with Crippen LogP contribution in [0.15, 0.2) is 6.20 Å². The van der Waals surface area contributed by atoms with Gasteiger partial charge in [-0.2, -0.15) is 0 Å². The fraction of sp³-hybridized carbons (Fsp3) is 0.800. The van der Waals surface area contributed by atoms with Crippen LogP contribution in [0.2, 0.25) is 0 Å². The monoisotopic (exact) mass is 279 g/mol. The summed E-state index contributed by atoms with van der Waals surface area (Å²) in [6, 6.07) is 1.19. The van der Waals surface area contributed by atoms with Crippen molar-refractivity contribution in [2.75, 3.05) is 18.5 Å². The Labute approximate surface area is 120 Å². The van der Waals surface area contributed by atoms with Gasteiger partial charge >= 0.3 is 0 Å². The van der Waals surface area contributed by atoms with Crippen LogP contribution in [0, 0.1) is 5.92 Å². The summed E-state index contributed by atoms with van der Waals surface area (Å²) in [5.41, 5.74) is 0. The van der Waals surface area contributed by atoms with Crippen molar-refractivity contribution in [3.05, 3.63) is 11.1 Å². The highest BCUT2D eigenvalue weighted by Gasteiger charge is 2.34. The summed E-state index contributed by atoms with van der Waals surface area (Å²) in [6.45, 7) is 3.41. The van der Waals surface area contributed by atoms with Crippen LogP contribution >= 0.6 is 11.3 Å². The first kappa shape index (κ1) is 13.4. The molecule has 2 heterocycles. The zero-order chi connectivity index (χ0) is 13.2. The molecule has 1 saturated carbocycles. The molecule has 1 aromatic heterocycles. The van der Waals surface area contributed by atoms with Gasteiger partial charge in [0.05, 0.1) is 0 Å². The Morgan fingerprint density at radius 1 is 1.32 bits per heavy atom. The fourth-order valence-corrected chi connectivity index (χ4v) is 4.67. The molecule has 2 aliphatic rings. The van der Waals surface area contributed by atoms with Gasteiger partial charge in [0.2, 0.25) is 0 Å². The Balaban J connectivity index is 1.74. The second-order valence-electron chi connectivity index (χ2n) is 6.00. The standard InChI is InChI=1S/C15H25N3S/c1-11(16-2)14-10-17-15(19-14)18-9-5-8-13(18)12-6-3-4-7-12/h10-13,16H,3-9H2,1-2H3. The first-order chi connectivity index (χ1) is 9.29.